The third kappa shape index (κ3) is 2.14. The van der Waals surface area contributed by atoms with E-state index in [0.29, 0.717) is 12.5 Å². The van der Waals surface area contributed by atoms with Crippen LogP contribution in [0.15, 0.2) is 23.1 Å². The Morgan fingerprint density at radius 1 is 1.73 bits per heavy atom. The minimum Gasteiger partial charge on any atom is -0.513 e. The number of rotatable bonds is 2. The molecule has 0 radical (unpaired) electrons. The van der Waals surface area contributed by atoms with Crippen molar-refractivity contribution in [3.8, 4) is 6.07 Å². The number of carbonyl (C=O) groups is 1. The Hall–Kier alpha value is -1.76. The van der Waals surface area contributed by atoms with Gasteiger partial charge in [-0.05, 0) is 12.5 Å². The van der Waals surface area contributed by atoms with Gasteiger partial charge >= 0.3 is 0 Å². The molecular weight excluding hydrogens is 144 g/mol. The Labute approximate surface area is 64.2 Å². The molecule has 0 saturated carbocycles. The molecule has 0 aliphatic heterocycles. The number of hydrogen-bond acceptors (Lipinski definition) is 4. The molecule has 0 aromatic carbocycles. The Kier molecular flexibility index (Phi) is 3.46. The highest BCUT2D eigenvalue weighted by atomic mass is 16.2. The van der Waals surface area contributed by atoms with Crippen LogP contribution in [0.3, 0.4) is 0 Å². The summed E-state index contributed by atoms with van der Waals surface area (Å²) in [5.74, 6) is 0. The van der Waals surface area contributed by atoms with Crippen LogP contribution in [0.2, 0.25) is 0 Å². The average Bonchev–Trinajstić information content (AvgIpc) is 2.05. The number of aliphatic hydroxyl groups is 1. The lowest BCUT2D eigenvalue weighted by Crippen LogP contribution is -2.01. The van der Waals surface area contributed by atoms with E-state index in [2.05, 4.69) is 0 Å². The van der Waals surface area contributed by atoms with Gasteiger partial charge in [0.15, 0.2) is 6.29 Å². The van der Waals surface area contributed by atoms with Crippen molar-refractivity contribution in [3.63, 3.8) is 0 Å². The first-order chi connectivity index (χ1) is 5.17. The van der Waals surface area contributed by atoms with E-state index in [1.165, 1.54) is 6.92 Å². The fourth-order valence-electron chi connectivity index (χ4n) is 0.451. The van der Waals surface area contributed by atoms with Crippen molar-refractivity contribution in [1.29, 1.82) is 5.26 Å². The minimum atomic E-state index is -0.0761. The third-order valence-electron chi connectivity index (χ3n) is 1.21. The summed E-state index contributed by atoms with van der Waals surface area (Å²) in [6, 6.07) is 1.65. The van der Waals surface area contributed by atoms with Crippen molar-refractivity contribution in [2.24, 2.45) is 5.73 Å². The van der Waals surface area contributed by atoms with Gasteiger partial charge in [-0.1, -0.05) is 0 Å². The van der Waals surface area contributed by atoms with Crippen LogP contribution in [0, 0.1) is 11.3 Å². The first kappa shape index (κ1) is 9.24. The quantitative estimate of drug-likeness (QED) is 0.197. The largest absolute Gasteiger partial charge is 0.513 e. The molecule has 3 N–H and O–H groups in total. The molecule has 0 aliphatic rings. The van der Waals surface area contributed by atoms with Crippen LogP contribution in [-0.4, -0.2) is 11.4 Å². The number of nitriles is 1. The van der Waals surface area contributed by atoms with Gasteiger partial charge in [0.25, 0.3) is 0 Å². The zero-order valence-corrected chi connectivity index (χ0v) is 6.03. The highest BCUT2D eigenvalue weighted by Crippen LogP contribution is 2.06. The van der Waals surface area contributed by atoms with Crippen LogP contribution >= 0.6 is 0 Å². The van der Waals surface area contributed by atoms with Crippen LogP contribution in [0.4, 0.5) is 0 Å². The summed E-state index contributed by atoms with van der Waals surface area (Å²) >= 11 is 0. The maximum absolute atomic E-state index is 10.2. The molecule has 4 nitrogen and oxygen atoms in total. The Balaban J connectivity index is 4.95. The zero-order valence-electron chi connectivity index (χ0n) is 6.03. The molecule has 0 aromatic rings. The first-order valence-electron chi connectivity index (χ1n) is 2.83. The second-order valence-corrected chi connectivity index (χ2v) is 1.85. The van der Waals surface area contributed by atoms with Crippen LogP contribution in [0.25, 0.3) is 0 Å². The molecule has 0 spiro atoms. The van der Waals surface area contributed by atoms with E-state index < -0.39 is 0 Å². The summed E-state index contributed by atoms with van der Waals surface area (Å²) in [6.07, 6.45) is 1.04. The van der Waals surface area contributed by atoms with Crippen molar-refractivity contribution in [2.75, 3.05) is 0 Å². The molecule has 0 atom stereocenters. The van der Waals surface area contributed by atoms with Gasteiger partial charge in [0, 0.05) is 0 Å². The third-order valence-corrected chi connectivity index (χ3v) is 1.21. The molecule has 0 aromatic heterocycles. The van der Waals surface area contributed by atoms with Crippen molar-refractivity contribution >= 4 is 6.29 Å². The number of allylic oxidation sites excluding steroid dienone is 2. The van der Waals surface area contributed by atoms with Gasteiger partial charge in [-0.25, -0.2) is 0 Å². The van der Waals surface area contributed by atoms with Gasteiger partial charge in [0.1, 0.15) is 12.3 Å². The highest BCUT2D eigenvalue weighted by Gasteiger charge is 2.01. The van der Waals surface area contributed by atoms with E-state index in [0.717, 1.165) is 0 Å². The molecule has 0 bridgehead atoms. The second kappa shape index (κ2) is 4.12. The number of aldehydes is 1. The summed E-state index contributed by atoms with van der Waals surface area (Å²) < 4.78 is 0. The molecule has 0 aliphatic carbocycles. The van der Waals surface area contributed by atoms with E-state index in [4.69, 9.17) is 16.1 Å². The minimum absolute atomic E-state index is 0.0219. The van der Waals surface area contributed by atoms with Gasteiger partial charge in [-0.2, -0.15) is 5.26 Å². The topological polar surface area (TPSA) is 87.1 Å². The van der Waals surface area contributed by atoms with E-state index in [1.807, 2.05) is 0 Å². The maximum Gasteiger partial charge on any atom is 0.160 e. The number of aliphatic hydroxyl groups excluding tert-OH is 1. The first-order valence-corrected chi connectivity index (χ1v) is 2.83. The summed E-state index contributed by atoms with van der Waals surface area (Å²) in [5.41, 5.74) is 5.44. The van der Waals surface area contributed by atoms with E-state index in [-0.39, 0.29) is 16.8 Å². The predicted molar refractivity (Wildman–Crippen MR) is 39.3 cm³/mol. The second-order valence-electron chi connectivity index (χ2n) is 1.85. The monoisotopic (exact) mass is 152 g/mol. The molecule has 0 fully saturated rings. The summed E-state index contributed by atoms with van der Waals surface area (Å²) in [7, 11) is 0. The van der Waals surface area contributed by atoms with Crippen LogP contribution in [-0.2, 0) is 4.79 Å². The molecule has 0 unspecified atom stereocenters. The van der Waals surface area contributed by atoms with Crippen molar-refractivity contribution in [1.82, 2.24) is 0 Å². The lowest BCUT2D eigenvalue weighted by molar-refractivity contribution is -0.104. The molecule has 0 heterocycles. The molecular formula is C7H8N2O2. The van der Waals surface area contributed by atoms with E-state index in [1.54, 1.807) is 6.07 Å². The number of nitrogens with two attached hydrogens (primary N) is 1. The number of carbonyl (C=O) groups excluding carboxylic acids is 1. The Morgan fingerprint density at radius 3 is 2.55 bits per heavy atom. The molecule has 0 rings (SSSR count). The molecule has 0 amide bonds. The van der Waals surface area contributed by atoms with E-state index in [9.17, 15) is 4.79 Å². The molecule has 58 valence electrons. The highest BCUT2D eigenvalue weighted by molar-refractivity contribution is 5.81. The summed E-state index contributed by atoms with van der Waals surface area (Å²) in [6.45, 7) is 1.48. The van der Waals surface area contributed by atoms with Gasteiger partial charge in [-0.15, -0.1) is 0 Å². The van der Waals surface area contributed by atoms with Crippen LogP contribution in [0.1, 0.15) is 6.92 Å². The SMILES string of the molecule is CC(/C(N)=C/O)=C(\C#N)C=O. The lowest BCUT2D eigenvalue weighted by atomic mass is 10.1. The summed E-state index contributed by atoms with van der Waals surface area (Å²) in [5, 5.41) is 16.7. The summed E-state index contributed by atoms with van der Waals surface area (Å²) in [4.78, 5) is 10.2. The van der Waals surface area contributed by atoms with E-state index >= 15 is 0 Å². The number of hydrogen-bond donors (Lipinski definition) is 2. The standard InChI is InChI=1S/C7H8N2O2/c1-5(7(9)4-11)6(2-8)3-10/h3-4,11H,9H2,1H3/b6-5-,7-4-. The smallest absolute Gasteiger partial charge is 0.160 e. The Morgan fingerprint density at radius 2 is 2.27 bits per heavy atom. The van der Waals surface area contributed by atoms with Crippen molar-refractivity contribution in [2.45, 2.75) is 6.92 Å². The van der Waals surface area contributed by atoms with Crippen LogP contribution in [0.5, 0.6) is 0 Å². The molecule has 0 saturated heterocycles. The van der Waals surface area contributed by atoms with Crippen LogP contribution < -0.4 is 5.73 Å². The average molecular weight is 152 g/mol. The fraction of sp³-hybridized carbons (Fsp3) is 0.143. The predicted octanol–water partition coefficient (Wildman–Crippen LogP) is 0.383. The van der Waals surface area contributed by atoms with Gasteiger partial charge in [0.2, 0.25) is 0 Å². The van der Waals surface area contributed by atoms with Gasteiger partial charge < -0.3 is 10.8 Å². The Bertz CT molecular complexity index is 258. The maximum atomic E-state index is 10.2. The fourth-order valence-corrected chi connectivity index (χ4v) is 0.451. The normalized spacial score (nSPS) is 13.3. The molecule has 4 heteroatoms. The van der Waals surface area contributed by atoms with Crippen molar-refractivity contribution < 1.29 is 9.90 Å². The zero-order chi connectivity index (χ0) is 8.85. The lowest BCUT2D eigenvalue weighted by Gasteiger charge is -1.97. The van der Waals surface area contributed by atoms with Crippen molar-refractivity contribution in [3.05, 3.63) is 23.1 Å². The van der Waals surface area contributed by atoms with Gasteiger partial charge in [0.05, 0.1) is 11.3 Å². The number of nitrogens with zero attached hydrogens (tertiary/aromatic N) is 1. The van der Waals surface area contributed by atoms with Gasteiger partial charge in [-0.3, -0.25) is 4.79 Å². The molecule has 11 heavy (non-hydrogen) atoms.